The Kier molecular flexibility index (Phi) is 2.75. The van der Waals surface area contributed by atoms with E-state index in [1.54, 1.807) is 0 Å². The molecular weight excluding hydrogens is 356 g/mol. The highest BCUT2D eigenvalue weighted by molar-refractivity contribution is 5.57. The summed E-state index contributed by atoms with van der Waals surface area (Å²) in [6, 6.07) is 19.5. The van der Waals surface area contributed by atoms with E-state index in [9.17, 15) is 10.2 Å². The van der Waals surface area contributed by atoms with Crippen LogP contribution >= 0.6 is 0 Å². The average Bonchev–Trinajstić information content (AvgIpc) is 2.72. The molecule has 2 aromatic rings. The van der Waals surface area contributed by atoms with Gasteiger partial charge in [-0.25, -0.2) is 0 Å². The monoisotopic (exact) mass is 378 g/mol. The molecule has 6 nitrogen and oxygen atoms in total. The highest BCUT2D eigenvalue weighted by atomic mass is 16.7. The fourth-order valence-corrected chi connectivity index (χ4v) is 6.68. The number of rotatable bonds is 2. The van der Waals surface area contributed by atoms with Crippen LogP contribution in [0.4, 0.5) is 11.4 Å². The summed E-state index contributed by atoms with van der Waals surface area (Å²) in [7, 11) is 0. The number of ether oxygens (including phenoxy) is 2. The Labute approximate surface area is 162 Å². The zero-order valence-electron chi connectivity index (χ0n) is 15.3. The highest BCUT2D eigenvalue weighted by Crippen LogP contribution is 2.66. The van der Waals surface area contributed by atoms with E-state index < -0.39 is 11.6 Å². The first-order chi connectivity index (χ1) is 13.6. The Morgan fingerprint density at radius 1 is 0.679 bits per heavy atom. The van der Waals surface area contributed by atoms with Gasteiger partial charge in [-0.2, -0.15) is 0 Å². The number of nitrogens with zero attached hydrogens (tertiary/aromatic N) is 2. The van der Waals surface area contributed by atoms with Gasteiger partial charge in [0.25, 0.3) is 0 Å². The Morgan fingerprint density at radius 3 is 1.46 bits per heavy atom. The van der Waals surface area contributed by atoms with Gasteiger partial charge in [-0.1, -0.05) is 36.4 Å². The highest BCUT2D eigenvalue weighted by Gasteiger charge is 2.82. The molecule has 6 heterocycles. The average molecular weight is 378 g/mol. The van der Waals surface area contributed by atoms with E-state index in [1.165, 1.54) is 0 Å². The molecule has 6 saturated heterocycles. The van der Waals surface area contributed by atoms with Crippen molar-refractivity contribution in [2.75, 3.05) is 9.80 Å². The Balaban J connectivity index is 1.38. The summed E-state index contributed by atoms with van der Waals surface area (Å²) >= 11 is 0. The van der Waals surface area contributed by atoms with Gasteiger partial charge in [-0.05, 0) is 24.3 Å². The molecule has 144 valence electrons. The summed E-state index contributed by atoms with van der Waals surface area (Å²) in [4.78, 5) is 4.28. The van der Waals surface area contributed by atoms with Gasteiger partial charge in [0.15, 0.2) is 11.6 Å². The van der Waals surface area contributed by atoms with E-state index in [0.717, 1.165) is 11.4 Å². The molecule has 9 rings (SSSR count). The summed E-state index contributed by atoms with van der Waals surface area (Å²) < 4.78 is 12.8. The molecule has 8 atom stereocenters. The number of anilines is 2. The molecule has 0 spiro atoms. The maximum Gasteiger partial charge on any atom is 0.194 e. The van der Waals surface area contributed by atoms with Gasteiger partial charge in [-0.15, -0.1) is 0 Å². The van der Waals surface area contributed by atoms with Crippen molar-refractivity contribution in [3.05, 3.63) is 60.7 Å². The lowest BCUT2D eigenvalue weighted by molar-refractivity contribution is -0.465. The molecule has 1 saturated carbocycles. The Morgan fingerprint density at radius 2 is 1.07 bits per heavy atom. The minimum atomic E-state index is -1.27. The topological polar surface area (TPSA) is 65.4 Å². The van der Waals surface area contributed by atoms with E-state index in [1.807, 2.05) is 60.7 Å². The molecule has 0 aromatic heterocycles. The molecule has 2 N–H and O–H groups in total. The third-order valence-corrected chi connectivity index (χ3v) is 7.56. The standard InChI is InChI=1S/C22H22N2O4/c25-21-16-11-17-23(13-7-3-1-4-8-13)19(21)15-12-18(28-21)24(14-9-5-2-6-10-14)20(16)22(15,26)27-17/h1-10,15-20,25-26H,11-12H2. The molecule has 8 bridgehead atoms. The summed E-state index contributed by atoms with van der Waals surface area (Å²) in [6.45, 7) is 0. The lowest BCUT2D eigenvalue weighted by atomic mass is 9.55. The number of aliphatic hydroxyl groups is 2. The summed E-state index contributed by atoms with van der Waals surface area (Å²) in [5, 5.41) is 23.5. The van der Waals surface area contributed by atoms with E-state index in [0.29, 0.717) is 12.8 Å². The molecule has 7 aliphatic rings. The van der Waals surface area contributed by atoms with Crippen molar-refractivity contribution in [1.29, 1.82) is 0 Å². The van der Waals surface area contributed by atoms with Crippen molar-refractivity contribution in [2.24, 2.45) is 11.8 Å². The van der Waals surface area contributed by atoms with Crippen LogP contribution in [0.2, 0.25) is 0 Å². The van der Waals surface area contributed by atoms with Crippen LogP contribution in [0.1, 0.15) is 12.8 Å². The fourth-order valence-electron chi connectivity index (χ4n) is 6.68. The minimum Gasteiger partial charge on any atom is -0.363 e. The quantitative estimate of drug-likeness (QED) is 0.832. The molecular formula is C22H22N2O4. The third kappa shape index (κ3) is 1.62. The molecule has 28 heavy (non-hydrogen) atoms. The van der Waals surface area contributed by atoms with Gasteiger partial charge in [0.2, 0.25) is 0 Å². The molecule has 0 amide bonds. The maximum absolute atomic E-state index is 11.8. The van der Waals surface area contributed by atoms with Crippen molar-refractivity contribution < 1.29 is 19.7 Å². The van der Waals surface area contributed by atoms with Gasteiger partial charge in [0, 0.05) is 36.1 Å². The van der Waals surface area contributed by atoms with Crippen molar-refractivity contribution in [3.63, 3.8) is 0 Å². The van der Waals surface area contributed by atoms with Crippen molar-refractivity contribution in [3.8, 4) is 0 Å². The minimum absolute atomic E-state index is 0.200. The van der Waals surface area contributed by atoms with Crippen LogP contribution in [0.25, 0.3) is 0 Å². The predicted octanol–water partition coefficient (Wildman–Crippen LogP) is 1.88. The number of para-hydroxylation sites is 2. The van der Waals surface area contributed by atoms with Crippen LogP contribution in [-0.2, 0) is 9.47 Å². The maximum atomic E-state index is 11.8. The molecule has 0 radical (unpaired) electrons. The Bertz CT molecular complexity index is 865. The van der Waals surface area contributed by atoms with E-state index >= 15 is 0 Å². The molecule has 6 heteroatoms. The molecule has 7 fully saturated rings. The van der Waals surface area contributed by atoms with Crippen LogP contribution in [0.5, 0.6) is 0 Å². The van der Waals surface area contributed by atoms with Gasteiger partial charge >= 0.3 is 0 Å². The number of hydrogen-bond donors (Lipinski definition) is 2. The molecule has 2 aromatic carbocycles. The summed E-state index contributed by atoms with van der Waals surface area (Å²) in [5.74, 6) is -2.94. The van der Waals surface area contributed by atoms with Crippen LogP contribution in [0.15, 0.2) is 60.7 Å². The normalized spacial score (nSPS) is 47.2. The van der Waals surface area contributed by atoms with E-state index in [2.05, 4.69) is 9.80 Å². The fraction of sp³-hybridized carbons (Fsp3) is 0.455. The zero-order chi connectivity index (χ0) is 18.7. The molecule has 8 unspecified atom stereocenters. The zero-order valence-corrected chi connectivity index (χ0v) is 15.3. The molecule has 1 aliphatic carbocycles. The second-order valence-corrected chi connectivity index (χ2v) is 8.71. The first kappa shape index (κ1) is 15.8. The van der Waals surface area contributed by atoms with Crippen molar-refractivity contribution in [1.82, 2.24) is 0 Å². The van der Waals surface area contributed by atoms with Crippen LogP contribution < -0.4 is 9.80 Å². The number of piperidine rings is 2. The first-order valence-corrected chi connectivity index (χ1v) is 10.1. The SMILES string of the molecule is OC12OC3CC4C1N(c1ccccc1)C1CC2C(N3c2ccccc2)C4(O)O1. The van der Waals surface area contributed by atoms with Crippen molar-refractivity contribution >= 4 is 11.4 Å². The molecule has 6 aliphatic heterocycles. The van der Waals surface area contributed by atoms with Gasteiger partial charge < -0.3 is 29.5 Å². The van der Waals surface area contributed by atoms with Crippen molar-refractivity contribution in [2.45, 2.75) is 49.0 Å². The van der Waals surface area contributed by atoms with Crippen LogP contribution in [0, 0.1) is 11.8 Å². The van der Waals surface area contributed by atoms with Crippen LogP contribution in [-0.4, -0.2) is 46.3 Å². The number of hydrogen-bond acceptors (Lipinski definition) is 6. The van der Waals surface area contributed by atoms with Gasteiger partial charge in [-0.3, -0.25) is 0 Å². The third-order valence-electron chi connectivity index (χ3n) is 7.56. The smallest absolute Gasteiger partial charge is 0.194 e. The second-order valence-electron chi connectivity index (χ2n) is 8.71. The lowest BCUT2D eigenvalue weighted by Gasteiger charge is -2.78. The second kappa shape index (κ2) is 4.89. The van der Waals surface area contributed by atoms with E-state index in [4.69, 9.17) is 9.47 Å². The summed E-state index contributed by atoms with van der Waals surface area (Å²) in [5.41, 5.74) is 2.00. The lowest BCUT2D eigenvalue weighted by Crippen LogP contribution is -2.93. The van der Waals surface area contributed by atoms with Gasteiger partial charge in [0.1, 0.15) is 12.5 Å². The van der Waals surface area contributed by atoms with Crippen LogP contribution in [0.3, 0.4) is 0 Å². The van der Waals surface area contributed by atoms with E-state index in [-0.39, 0.29) is 36.4 Å². The largest absolute Gasteiger partial charge is 0.363 e. The Hall–Kier alpha value is -2.12. The van der Waals surface area contributed by atoms with Gasteiger partial charge in [0.05, 0.1) is 12.1 Å². The predicted molar refractivity (Wildman–Crippen MR) is 101 cm³/mol. The first-order valence-electron chi connectivity index (χ1n) is 10.1. The number of benzene rings is 2. The summed E-state index contributed by atoms with van der Waals surface area (Å²) in [6.07, 6.45) is 0.729.